The zero-order chi connectivity index (χ0) is 18.0. The Morgan fingerprint density at radius 1 is 1.28 bits per heavy atom. The first kappa shape index (κ1) is 17.5. The minimum absolute atomic E-state index is 0.223. The lowest BCUT2D eigenvalue weighted by Gasteiger charge is -2.07. The van der Waals surface area contributed by atoms with Crippen molar-refractivity contribution in [2.24, 2.45) is 0 Å². The van der Waals surface area contributed by atoms with Crippen molar-refractivity contribution in [2.75, 3.05) is 10.6 Å². The van der Waals surface area contributed by atoms with Gasteiger partial charge in [0.15, 0.2) is 10.1 Å². The monoisotopic (exact) mass is 394 g/mol. The Morgan fingerprint density at radius 3 is 2.80 bits per heavy atom. The Kier molecular flexibility index (Phi) is 5.08. The third-order valence-electron chi connectivity index (χ3n) is 3.19. The molecule has 1 aromatic carbocycles. The zero-order valence-electron chi connectivity index (χ0n) is 12.9. The molecule has 2 heterocycles. The normalized spacial score (nSPS) is 11.2. The number of rotatable bonds is 4. The summed E-state index contributed by atoms with van der Waals surface area (Å²) in [6, 6.07) is 4.82. The Morgan fingerprint density at radius 2 is 2.08 bits per heavy atom. The third-order valence-corrected chi connectivity index (χ3v) is 4.54. The number of anilines is 2. The maximum absolute atomic E-state index is 12.1. The van der Waals surface area contributed by atoms with Crippen LogP contribution in [0.3, 0.4) is 0 Å². The van der Waals surface area contributed by atoms with E-state index in [1.165, 1.54) is 24.3 Å². The standard InChI is InChI=1S/C16H12Cl2N4O2S/c1-9(23)19-12-3-2-10(8-11(12)17)20-14(24)5-4-13-15(18)21-16-22(13)6-7-25-16/h2-8H,1H3,(H,19,23)(H,20,24)/b5-4+. The molecule has 3 rings (SSSR count). The number of hydrogen-bond acceptors (Lipinski definition) is 4. The molecular weight excluding hydrogens is 383 g/mol. The second-order valence-corrected chi connectivity index (χ2v) is 6.68. The number of halogens is 2. The number of aromatic nitrogens is 2. The van der Waals surface area contributed by atoms with Crippen LogP contribution in [0.4, 0.5) is 11.4 Å². The molecule has 0 radical (unpaired) electrons. The number of amides is 2. The predicted molar refractivity (Wildman–Crippen MR) is 101 cm³/mol. The summed E-state index contributed by atoms with van der Waals surface area (Å²) in [6.07, 6.45) is 4.79. The molecule has 0 unspecified atom stereocenters. The van der Waals surface area contributed by atoms with E-state index in [0.29, 0.717) is 27.2 Å². The van der Waals surface area contributed by atoms with Gasteiger partial charge in [-0.1, -0.05) is 23.2 Å². The number of benzene rings is 1. The van der Waals surface area contributed by atoms with Gasteiger partial charge in [0, 0.05) is 30.3 Å². The van der Waals surface area contributed by atoms with Gasteiger partial charge in [-0.25, -0.2) is 4.98 Å². The van der Waals surface area contributed by atoms with Crippen LogP contribution in [0.2, 0.25) is 10.2 Å². The lowest BCUT2D eigenvalue weighted by molar-refractivity contribution is -0.114. The van der Waals surface area contributed by atoms with E-state index in [9.17, 15) is 9.59 Å². The van der Waals surface area contributed by atoms with Crippen LogP contribution in [0.1, 0.15) is 12.6 Å². The summed E-state index contributed by atoms with van der Waals surface area (Å²) >= 11 is 13.6. The number of hydrogen-bond donors (Lipinski definition) is 2. The molecular formula is C16H12Cl2N4O2S. The highest BCUT2D eigenvalue weighted by Crippen LogP contribution is 2.26. The first-order chi connectivity index (χ1) is 11.9. The molecule has 0 fully saturated rings. The van der Waals surface area contributed by atoms with Crippen molar-refractivity contribution in [3.8, 4) is 0 Å². The Bertz CT molecular complexity index is 993. The van der Waals surface area contributed by atoms with Crippen molar-refractivity contribution in [1.82, 2.24) is 9.38 Å². The molecule has 128 valence electrons. The molecule has 0 saturated carbocycles. The summed E-state index contributed by atoms with van der Waals surface area (Å²) in [5.41, 5.74) is 1.62. The minimum atomic E-state index is -0.343. The van der Waals surface area contributed by atoms with Crippen LogP contribution in [0.15, 0.2) is 35.9 Å². The summed E-state index contributed by atoms with van der Waals surface area (Å²) in [5, 5.41) is 7.84. The van der Waals surface area contributed by atoms with Gasteiger partial charge in [-0.05, 0) is 24.3 Å². The number of fused-ring (bicyclic) bond motifs is 1. The van der Waals surface area contributed by atoms with Gasteiger partial charge in [-0.3, -0.25) is 14.0 Å². The average Bonchev–Trinajstić information content (AvgIpc) is 3.08. The van der Waals surface area contributed by atoms with Gasteiger partial charge in [0.2, 0.25) is 11.8 Å². The van der Waals surface area contributed by atoms with E-state index in [4.69, 9.17) is 23.2 Å². The first-order valence-electron chi connectivity index (χ1n) is 7.11. The Labute approximate surface area is 157 Å². The molecule has 2 N–H and O–H groups in total. The lowest BCUT2D eigenvalue weighted by Crippen LogP contribution is -2.09. The average molecular weight is 395 g/mol. The third kappa shape index (κ3) is 4.01. The smallest absolute Gasteiger partial charge is 0.248 e. The van der Waals surface area contributed by atoms with Crippen LogP contribution in [0, 0.1) is 0 Å². The second kappa shape index (κ2) is 7.26. The molecule has 0 saturated heterocycles. The quantitative estimate of drug-likeness (QED) is 0.647. The highest BCUT2D eigenvalue weighted by atomic mass is 35.5. The van der Waals surface area contributed by atoms with E-state index in [1.54, 1.807) is 28.7 Å². The molecule has 2 aromatic heterocycles. The molecule has 2 amide bonds. The van der Waals surface area contributed by atoms with Crippen molar-refractivity contribution < 1.29 is 9.59 Å². The van der Waals surface area contributed by atoms with Gasteiger partial charge in [0.25, 0.3) is 0 Å². The topological polar surface area (TPSA) is 75.5 Å². The van der Waals surface area contributed by atoms with Gasteiger partial charge in [-0.2, -0.15) is 0 Å². The van der Waals surface area contributed by atoms with Gasteiger partial charge < -0.3 is 10.6 Å². The van der Waals surface area contributed by atoms with E-state index in [2.05, 4.69) is 15.6 Å². The molecule has 0 atom stereocenters. The van der Waals surface area contributed by atoms with Crippen LogP contribution in [0.25, 0.3) is 11.0 Å². The van der Waals surface area contributed by atoms with Gasteiger partial charge in [0.1, 0.15) is 0 Å². The number of thiazole rings is 1. The van der Waals surface area contributed by atoms with Crippen molar-refractivity contribution >= 4 is 68.8 Å². The maximum Gasteiger partial charge on any atom is 0.248 e. The number of carbonyl (C=O) groups excluding carboxylic acids is 2. The van der Waals surface area contributed by atoms with E-state index in [1.807, 2.05) is 11.6 Å². The summed E-state index contributed by atoms with van der Waals surface area (Å²) < 4.78 is 1.80. The molecule has 0 aliphatic heterocycles. The first-order valence-corrected chi connectivity index (χ1v) is 8.75. The van der Waals surface area contributed by atoms with E-state index >= 15 is 0 Å². The summed E-state index contributed by atoms with van der Waals surface area (Å²) in [5.74, 6) is -0.566. The molecule has 25 heavy (non-hydrogen) atoms. The van der Waals surface area contributed by atoms with Crippen molar-refractivity contribution in [1.29, 1.82) is 0 Å². The van der Waals surface area contributed by atoms with Crippen molar-refractivity contribution in [3.63, 3.8) is 0 Å². The van der Waals surface area contributed by atoms with Crippen LogP contribution >= 0.6 is 34.5 Å². The second-order valence-electron chi connectivity index (χ2n) is 5.04. The number of nitrogens with zero attached hydrogens (tertiary/aromatic N) is 2. The van der Waals surface area contributed by atoms with Crippen LogP contribution < -0.4 is 10.6 Å². The van der Waals surface area contributed by atoms with Crippen molar-refractivity contribution in [2.45, 2.75) is 6.92 Å². The van der Waals surface area contributed by atoms with E-state index in [-0.39, 0.29) is 11.8 Å². The molecule has 3 aromatic rings. The highest BCUT2D eigenvalue weighted by molar-refractivity contribution is 7.15. The fourth-order valence-corrected chi connectivity index (χ4v) is 3.38. The molecule has 9 heteroatoms. The molecule has 0 spiro atoms. The summed E-state index contributed by atoms with van der Waals surface area (Å²) in [4.78, 5) is 28.1. The maximum atomic E-state index is 12.1. The minimum Gasteiger partial charge on any atom is -0.325 e. The molecule has 6 nitrogen and oxygen atoms in total. The van der Waals surface area contributed by atoms with Gasteiger partial charge >= 0.3 is 0 Å². The summed E-state index contributed by atoms with van der Waals surface area (Å²) in [7, 11) is 0. The lowest BCUT2D eigenvalue weighted by atomic mass is 10.2. The van der Waals surface area contributed by atoms with Crippen LogP contribution in [-0.2, 0) is 9.59 Å². The fourth-order valence-electron chi connectivity index (χ4n) is 2.15. The largest absolute Gasteiger partial charge is 0.325 e. The SMILES string of the molecule is CC(=O)Nc1ccc(NC(=O)/C=C/c2c(Cl)nc3sccn23)cc1Cl. The molecule has 0 aliphatic rings. The number of imidazole rings is 1. The highest BCUT2D eigenvalue weighted by Gasteiger charge is 2.09. The number of nitrogens with one attached hydrogen (secondary N) is 2. The van der Waals surface area contributed by atoms with E-state index < -0.39 is 0 Å². The zero-order valence-corrected chi connectivity index (χ0v) is 15.2. The fraction of sp³-hybridized carbons (Fsp3) is 0.0625. The van der Waals surface area contributed by atoms with Gasteiger partial charge in [0.05, 0.1) is 16.4 Å². The van der Waals surface area contributed by atoms with Crippen LogP contribution in [-0.4, -0.2) is 21.2 Å². The molecule has 0 aliphatic carbocycles. The Hall–Kier alpha value is -2.35. The van der Waals surface area contributed by atoms with Crippen molar-refractivity contribution in [3.05, 3.63) is 51.7 Å². The predicted octanol–water partition coefficient (Wildman–Crippen LogP) is 4.31. The van der Waals surface area contributed by atoms with Gasteiger partial charge in [-0.15, -0.1) is 11.3 Å². The van der Waals surface area contributed by atoms with E-state index in [0.717, 1.165) is 4.96 Å². The number of carbonyl (C=O) groups is 2. The molecule has 0 bridgehead atoms. The van der Waals surface area contributed by atoms with Crippen LogP contribution in [0.5, 0.6) is 0 Å². The summed E-state index contributed by atoms with van der Waals surface area (Å²) in [6.45, 7) is 1.39. The Balaban J connectivity index is 1.72.